The largest absolute Gasteiger partial charge is 0.356 e. The van der Waals surface area contributed by atoms with Gasteiger partial charge in [-0.2, -0.15) is 0 Å². The van der Waals surface area contributed by atoms with E-state index >= 15 is 0 Å². The van der Waals surface area contributed by atoms with Gasteiger partial charge in [0.25, 0.3) is 0 Å². The van der Waals surface area contributed by atoms with Gasteiger partial charge in [0.05, 0.1) is 5.69 Å². The van der Waals surface area contributed by atoms with Gasteiger partial charge in [0.15, 0.2) is 0 Å². The molecule has 106 valence electrons. The van der Waals surface area contributed by atoms with Crippen molar-refractivity contribution in [3.05, 3.63) is 34.0 Å². The van der Waals surface area contributed by atoms with Gasteiger partial charge in [0, 0.05) is 24.3 Å². The Kier molecular flexibility index (Phi) is 3.08. The van der Waals surface area contributed by atoms with Crippen LogP contribution in [0.3, 0.4) is 0 Å². The summed E-state index contributed by atoms with van der Waals surface area (Å²) in [5, 5.41) is 3.41. The summed E-state index contributed by atoms with van der Waals surface area (Å²) >= 11 is 0. The number of nitrogens with zero attached hydrogens (tertiary/aromatic N) is 2. The number of aromatic nitrogens is 2. The average Bonchev–Trinajstić information content (AvgIpc) is 2.75. The molecular weight excluding hydrogens is 246 g/mol. The second-order valence-electron chi connectivity index (χ2n) is 5.94. The van der Waals surface area contributed by atoms with Crippen LogP contribution in [0.1, 0.15) is 34.4 Å². The van der Waals surface area contributed by atoms with E-state index in [-0.39, 0.29) is 0 Å². The highest BCUT2D eigenvalue weighted by atomic mass is 15.2. The number of hydrogen-bond acceptors (Lipinski definition) is 2. The summed E-state index contributed by atoms with van der Waals surface area (Å²) in [5.41, 5.74) is 9.16. The minimum absolute atomic E-state index is 1.03. The first-order valence-corrected chi connectivity index (χ1v) is 7.39. The molecule has 0 atom stereocenters. The van der Waals surface area contributed by atoms with Crippen LogP contribution in [0.2, 0.25) is 0 Å². The Balaban J connectivity index is 2.27. The number of fused-ring (bicyclic) bond motifs is 1. The molecule has 0 saturated heterocycles. The van der Waals surface area contributed by atoms with Crippen molar-refractivity contribution in [1.82, 2.24) is 9.55 Å². The fourth-order valence-electron chi connectivity index (χ4n) is 3.19. The summed E-state index contributed by atoms with van der Waals surface area (Å²) in [6.07, 6.45) is 1.18. The van der Waals surface area contributed by atoms with E-state index < -0.39 is 0 Å². The maximum atomic E-state index is 4.88. The second-order valence-corrected chi connectivity index (χ2v) is 5.94. The molecule has 0 spiro atoms. The smallest absolute Gasteiger partial charge is 0.203 e. The molecule has 20 heavy (non-hydrogen) atoms. The summed E-state index contributed by atoms with van der Waals surface area (Å²) in [6, 6.07) is 2.28. The number of aryl methyl sites for hydroxylation is 2. The van der Waals surface area contributed by atoms with E-state index in [1.807, 2.05) is 0 Å². The van der Waals surface area contributed by atoms with Crippen molar-refractivity contribution >= 4 is 5.95 Å². The van der Waals surface area contributed by atoms with Gasteiger partial charge in [-0.25, -0.2) is 4.98 Å². The molecule has 1 aromatic carbocycles. The maximum absolute atomic E-state index is 4.88. The lowest BCUT2D eigenvalue weighted by molar-refractivity contribution is 0.615. The molecule has 0 saturated carbocycles. The molecule has 1 aliphatic heterocycles. The van der Waals surface area contributed by atoms with Gasteiger partial charge in [-0.15, -0.1) is 0 Å². The zero-order valence-corrected chi connectivity index (χ0v) is 13.1. The van der Waals surface area contributed by atoms with Crippen molar-refractivity contribution in [2.45, 2.75) is 47.6 Å². The zero-order chi connectivity index (χ0) is 14.4. The van der Waals surface area contributed by atoms with Gasteiger partial charge in [0.2, 0.25) is 5.95 Å². The lowest BCUT2D eigenvalue weighted by Crippen LogP contribution is -2.17. The van der Waals surface area contributed by atoms with Crippen molar-refractivity contribution < 1.29 is 0 Å². The molecule has 1 aliphatic rings. The first kappa shape index (κ1) is 13.2. The van der Waals surface area contributed by atoms with Crippen LogP contribution in [0.5, 0.6) is 0 Å². The summed E-state index contributed by atoms with van der Waals surface area (Å²) in [4.78, 5) is 4.88. The first-order chi connectivity index (χ1) is 9.50. The molecular formula is C17H23N3. The molecule has 0 fully saturated rings. The van der Waals surface area contributed by atoms with E-state index in [2.05, 4.69) is 50.6 Å². The highest BCUT2D eigenvalue weighted by Crippen LogP contribution is 2.35. The third-order valence-electron chi connectivity index (χ3n) is 4.67. The van der Waals surface area contributed by atoms with Gasteiger partial charge in [0.1, 0.15) is 0 Å². The predicted octanol–water partition coefficient (Wildman–Crippen LogP) is 3.91. The van der Waals surface area contributed by atoms with Crippen LogP contribution in [-0.2, 0) is 6.54 Å². The number of hydrogen-bond donors (Lipinski definition) is 1. The number of benzene rings is 1. The Bertz CT molecular complexity index is 654. The van der Waals surface area contributed by atoms with Gasteiger partial charge in [-0.3, -0.25) is 0 Å². The fraction of sp³-hybridized carbons (Fsp3) is 0.471. The topological polar surface area (TPSA) is 29.9 Å². The van der Waals surface area contributed by atoms with Gasteiger partial charge in [-0.1, -0.05) is 6.07 Å². The van der Waals surface area contributed by atoms with E-state index in [1.54, 1.807) is 0 Å². The van der Waals surface area contributed by atoms with Crippen molar-refractivity contribution in [3.63, 3.8) is 0 Å². The third kappa shape index (κ3) is 1.84. The normalized spacial score (nSPS) is 14.1. The molecule has 0 bridgehead atoms. The summed E-state index contributed by atoms with van der Waals surface area (Å²) in [6.45, 7) is 13.1. The minimum Gasteiger partial charge on any atom is -0.356 e. The van der Waals surface area contributed by atoms with Crippen molar-refractivity contribution in [2.75, 3.05) is 11.9 Å². The first-order valence-electron chi connectivity index (χ1n) is 7.39. The van der Waals surface area contributed by atoms with Crippen LogP contribution in [0.4, 0.5) is 5.95 Å². The number of imidazole rings is 1. The molecule has 0 radical (unpaired) electrons. The molecule has 1 aromatic heterocycles. The quantitative estimate of drug-likeness (QED) is 0.850. The van der Waals surface area contributed by atoms with Gasteiger partial charge >= 0.3 is 0 Å². The van der Waals surface area contributed by atoms with E-state index in [9.17, 15) is 0 Å². The van der Waals surface area contributed by atoms with Crippen molar-refractivity contribution in [2.24, 2.45) is 0 Å². The summed E-state index contributed by atoms with van der Waals surface area (Å²) in [7, 11) is 0. The lowest BCUT2D eigenvalue weighted by atomic mass is 9.92. The molecule has 0 amide bonds. The SMILES string of the molecule is Cc1cc(C)c(C)c(-c2nc3n(c2C)CCCN3)c1C. The summed E-state index contributed by atoms with van der Waals surface area (Å²) < 4.78 is 2.31. The predicted molar refractivity (Wildman–Crippen MR) is 84.5 cm³/mol. The van der Waals surface area contributed by atoms with Crippen LogP contribution in [0.25, 0.3) is 11.3 Å². The highest BCUT2D eigenvalue weighted by Gasteiger charge is 2.21. The van der Waals surface area contributed by atoms with E-state index in [4.69, 9.17) is 4.98 Å². The maximum Gasteiger partial charge on any atom is 0.203 e. The van der Waals surface area contributed by atoms with Gasteiger partial charge < -0.3 is 9.88 Å². The Hall–Kier alpha value is -1.77. The second kappa shape index (κ2) is 4.65. The summed E-state index contributed by atoms with van der Waals surface area (Å²) in [5.74, 6) is 1.03. The van der Waals surface area contributed by atoms with Crippen LogP contribution in [0.15, 0.2) is 6.07 Å². The monoisotopic (exact) mass is 269 g/mol. The molecule has 3 rings (SSSR count). The zero-order valence-electron chi connectivity index (χ0n) is 13.1. The van der Waals surface area contributed by atoms with Crippen LogP contribution in [-0.4, -0.2) is 16.1 Å². The number of rotatable bonds is 1. The van der Waals surface area contributed by atoms with Crippen LogP contribution < -0.4 is 5.32 Å². The Morgan fingerprint density at radius 3 is 2.30 bits per heavy atom. The van der Waals surface area contributed by atoms with Crippen LogP contribution in [0, 0.1) is 34.6 Å². The third-order valence-corrected chi connectivity index (χ3v) is 4.67. The van der Waals surface area contributed by atoms with Crippen molar-refractivity contribution in [1.29, 1.82) is 0 Å². The molecule has 1 N–H and O–H groups in total. The fourth-order valence-corrected chi connectivity index (χ4v) is 3.19. The average molecular weight is 269 g/mol. The molecule has 2 heterocycles. The van der Waals surface area contributed by atoms with E-state index in [0.29, 0.717) is 0 Å². The highest BCUT2D eigenvalue weighted by molar-refractivity contribution is 5.73. The molecule has 0 unspecified atom stereocenters. The standard InChI is InChI=1S/C17H23N3/c1-10-9-11(2)13(4)15(12(10)3)16-14(5)20-8-6-7-18-17(20)19-16/h9H,6-8H2,1-5H3,(H,18,19). The lowest BCUT2D eigenvalue weighted by Gasteiger charge is -2.16. The molecule has 3 nitrogen and oxygen atoms in total. The number of anilines is 1. The van der Waals surface area contributed by atoms with E-state index in [1.165, 1.54) is 39.9 Å². The Labute approximate surface area is 121 Å². The molecule has 3 heteroatoms. The van der Waals surface area contributed by atoms with Crippen molar-refractivity contribution in [3.8, 4) is 11.3 Å². The van der Waals surface area contributed by atoms with Crippen LogP contribution >= 0.6 is 0 Å². The molecule has 2 aromatic rings. The minimum atomic E-state index is 1.03. The number of nitrogens with one attached hydrogen (secondary N) is 1. The Morgan fingerprint density at radius 2 is 1.70 bits per heavy atom. The molecule has 0 aliphatic carbocycles. The Morgan fingerprint density at radius 1 is 1.05 bits per heavy atom. The van der Waals surface area contributed by atoms with Gasteiger partial charge in [-0.05, 0) is 63.3 Å². The van der Waals surface area contributed by atoms with E-state index in [0.717, 1.165) is 24.7 Å².